The maximum atomic E-state index is 13.2. The van der Waals surface area contributed by atoms with Gasteiger partial charge in [-0.3, -0.25) is 0 Å². The summed E-state index contributed by atoms with van der Waals surface area (Å²) in [5, 5.41) is 0. The number of benzene rings is 1. The highest BCUT2D eigenvalue weighted by atomic mass is 19.1. The number of ether oxygens (including phenoxy) is 1. The second-order valence-corrected chi connectivity index (χ2v) is 3.44. The minimum atomic E-state index is -0.618. The molecule has 1 aromatic heterocycles. The SMILES string of the molecule is NCc1ccoc1COc1cc(F)ccc1F. The van der Waals surface area contributed by atoms with Gasteiger partial charge in [-0.25, -0.2) is 8.78 Å². The van der Waals surface area contributed by atoms with E-state index in [0.29, 0.717) is 12.3 Å². The molecule has 1 heterocycles. The number of halogens is 2. The molecule has 90 valence electrons. The zero-order chi connectivity index (χ0) is 12.3. The Labute approximate surface area is 96.8 Å². The van der Waals surface area contributed by atoms with Crippen LogP contribution in [0.5, 0.6) is 5.75 Å². The lowest BCUT2D eigenvalue weighted by Crippen LogP contribution is -2.02. The molecule has 2 N–H and O–H groups in total. The summed E-state index contributed by atoms with van der Waals surface area (Å²) in [7, 11) is 0. The predicted molar refractivity (Wildman–Crippen MR) is 57.3 cm³/mol. The maximum absolute atomic E-state index is 13.2. The zero-order valence-electron chi connectivity index (χ0n) is 8.95. The topological polar surface area (TPSA) is 48.4 Å². The largest absolute Gasteiger partial charge is 0.482 e. The number of hydrogen-bond donors (Lipinski definition) is 1. The van der Waals surface area contributed by atoms with Gasteiger partial charge in [0.25, 0.3) is 0 Å². The molecule has 0 spiro atoms. The van der Waals surface area contributed by atoms with Gasteiger partial charge in [0.15, 0.2) is 11.6 Å². The van der Waals surface area contributed by atoms with Crippen LogP contribution in [-0.2, 0) is 13.2 Å². The third-order valence-electron chi connectivity index (χ3n) is 2.31. The van der Waals surface area contributed by atoms with Gasteiger partial charge in [0.2, 0.25) is 0 Å². The average Bonchev–Trinajstić information content (AvgIpc) is 2.77. The smallest absolute Gasteiger partial charge is 0.165 e. The number of rotatable bonds is 4. The fraction of sp³-hybridized carbons (Fsp3) is 0.167. The highest BCUT2D eigenvalue weighted by molar-refractivity contribution is 5.25. The van der Waals surface area contributed by atoms with Gasteiger partial charge < -0.3 is 14.9 Å². The van der Waals surface area contributed by atoms with Crippen LogP contribution in [0.3, 0.4) is 0 Å². The first-order valence-corrected chi connectivity index (χ1v) is 5.04. The Kier molecular flexibility index (Phi) is 3.39. The van der Waals surface area contributed by atoms with E-state index in [1.165, 1.54) is 6.26 Å². The summed E-state index contributed by atoms with van der Waals surface area (Å²) in [5.74, 6) is -0.812. The molecule has 3 nitrogen and oxygen atoms in total. The fourth-order valence-corrected chi connectivity index (χ4v) is 1.41. The van der Waals surface area contributed by atoms with E-state index in [4.69, 9.17) is 14.9 Å². The lowest BCUT2D eigenvalue weighted by Gasteiger charge is -2.06. The summed E-state index contributed by atoms with van der Waals surface area (Å²) in [6.45, 7) is 0.320. The highest BCUT2D eigenvalue weighted by Crippen LogP contribution is 2.20. The van der Waals surface area contributed by atoms with Gasteiger partial charge in [0.1, 0.15) is 18.2 Å². The Bertz CT molecular complexity index is 511. The van der Waals surface area contributed by atoms with Crippen molar-refractivity contribution < 1.29 is 17.9 Å². The van der Waals surface area contributed by atoms with Crippen molar-refractivity contribution in [2.75, 3.05) is 0 Å². The van der Waals surface area contributed by atoms with Crippen LogP contribution < -0.4 is 10.5 Å². The molecule has 0 bridgehead atoms. The quantitative estimate of drug-likeness (QED) is 0.892. The van der Waals surface area contributed by atoms with Gasteiger partial charge in [-0.15, -0.1) is 0 Å². The number of furan rings is 1. The molecule has 0 unspecified atom stereocenters. The van der Waals surface area contributed by atoms with Crippen molar-refractivity contribution in [3.8, 4) is 5.75 Å². The third kappa shape index (κ3) is 2.62. The van der Waals surface area contributed by atoms with Crippen molar-refractivity contribution in [2.45, 2.75) is 13.2 Å². The normalized spacial score (nSPS) is 10.5. The maximum Gasteiger partial charge on any atom is 0.165 e. The lowest BCUT2D eigenvalue weighted by atomic mass is 10.2. The van der Waals surface area contributed by atoms with Crippen LogP contribution in [0.25, 0.3) is 0 Å². The van der Waals surface area contributed by atoms with Crippen LogP contribution in [0.1, 0.15) is 11.3 Å². The molecular weight excluding hydrogens is 228 g/mol. The van der Waals surface area contributed by atoms with Gasteiger partial charge >= 0.3 is 0 Å². The standard InChI is InChI=1S/C12H11F2NO2/c13-9-1-2-10(14)11(5-9)17-7-12-8(6-15)3-4-16-12/h1-5H,6-7,15H2. The summed E-state index contributed by atoms with van der Waals surface area (Å²) in [5.41, 5.74) is 6.25. The summed E-state index contributed by atoms with van der Waals surface area (Å²) >= 11 is 0. The zero-order valence-corrected chi connectivity index (χ0v) is 8.95. The van der Waals surface area contributed by atoms with E-state index >= 15 is 0 Å². The summed E-state index contributed by atoms with van der Waals surface area (Å²) in [4.78, 5) is 0. The Hall–Kier alpha value is -1.88. The van der Waals surface area contributed by atoms with Gasteiger partial charge in [-0.05, 0) is 18.2 Å². The molecule has 0 saturated heterocycles. The fourth-order valence-electron chi connectivity index (χ4n) is 1.41. The van der Waals surface area contributed by atoms with Gasteiger partial charge in [-0.1, -0.05) is 0 Å². The van der Waals surface area contributed by atoms with Crippen LogP contribution in [0, 0.1) is 11.6 Å². The first kappa shape index (κ1) is 11.6. The summed E-state index contributed by atoms with van der Waals surface area (Å²) in [6, 6.07) is 4.73. The van der Waals surface area contributed by atoms with Gasteiger partial charge in [-0.2, -0.15) is 0 Å². The van der Waals surface area contributed by atoms with Crippen molar-refractivity contribution >= 4 is 0 Å². The first-order valence-electron chi connectivity index (χ1n) is 5.04. The summed E-state index contributed by atoms with van der Waals surface area (Å²) < 4.78 is 36.4. The van der Waals surface area contributed by atoms with E-state index in [9.17, 15) is 8.78 Å². The molecule has 0 aliphatic heterocycles. The second kappa shape index (κ2) is 4.97. The Morgan fingerprint density at radius 3 is 2.82 bits per heavy atom. The van der Waals surface area contributed by atoms with E-state index < -0.39 is 11.6 Å². The molecular formula is C12H11F2NO2. The number of hydrogen-bond acceptors (Lipinski definition) is 3. The second-order valence-electron chi connectivity index (χ2n) is 3.44. The minimum absolute atomic E-state index is 0.0138. The minimum Gasteiger partial charge on any atom is -0.482 e. The molecule has 5 heteroatoms. The van der Waals surface area contributed by atoms with E-state index in [-0.39, 0.29) is 12.4 Å². The van der Waals surface area contributed by atoms with Gasteiger partial charge in [0.05, 0.1) is 6.26 Å². The molecule has 0 aliphatic carbocycles. The lowest BCUT2D eigenvalue weighted by molar-refractivity contribution is 0.255. The van der Waals surface area contributed by atoms with E-state index in [2.05, 4.69) is 0 Å². The molecule has 2 aromatic rings. The Balaban J connectivity index is 2.09. The number of nitrogens with two attached hydrogens (primary N) is 1. The van der Waals surface area contributed by atoms with E-state index in [1.807, 2.05) is 0 Å². The molecule has 0 radical (unpaired) electrons. The molecule has 0 amide bonds. The molecule has 0 fully saturated rings. The van der Waals surface area contributed by atoms with Crippen LogP contribution in [-0.4, -0.2) is 0 Å². The molecule has 0 atom stereocenters. The van der Waals surface area contributed by atoms with Crippen molar-refractivity contribution in [2.24, 2.45) is 5.73 Å². The monoisotopic (exact) mass is 239 g/mol. The molecule has 17 heavy (non-hydrogen) atoms. The molecule has 1 aromatic carbocycles. The molecule has 0 aliphatic rings. The van der Waals surface area contributed by atoms with Crippen molar-refractivity contribution in [3.05, 3.63) is 53.5 Å². The van der Waals surface area contributed by atoms with Crippen LogP contribution in [0.4, 0.5) is 8.78 Å². The first-order chi connectivity index (χ1) is 8.20. The van der Waals surface area contributed by atoms with E-state index in [0.717, 1.165) is 23.8 Å². The highest BCUT2D eigenvalue weighted by Gasteiger charge is 2.09. The van der Waals surface area contributed by atoms with Crippen LogP contribution in [0.15, 0.2) is 34.9 Å². The van der Waals surface area contributed by atoms with Crippen LogP contribution in [0.2, 0.25) is 0 Å². The molecule has 0 saturated carbocycles. The summed E-state index contributed by atoms with van der Waals surface area (Å²) in [6.07, 6.45) is 1.48. The van der Waals surface area contributed by atoms with Crippen LogP contribution >= 0.6 is 0 Å². The third-order valence-corrected chi connectivity index (χ3v) is 2.31. The Morgan fingerprint density at radius 1 is 1.24 bits per heavy atom. The Morgan fingerprint density at radius 2 is 2.06 bits per heavy atom. The van der Waals surface area contributed by atoms with E-state index in [1.54, 1.807) is 6.07 Å². The van der Waals surface area contributed by atoms with Crippen molar-refractivity contribution in [1.82, 2.24) is 0 Å². The average molecular weight is 239 g/mol. The predicted octanol–water partition coefficient (Wildman–Crippen LogP) is 2.60. The van der Waals surface area contributed by atoms with Gasteiger partial charge in [0, 0.05) is 18.2 Å². The van der Waals surface area contributed by atoms with Crippen molar-refractivity contribution in [3.63, 3.8) is 0 Å². The molecule has 2 rings (SSSR count). The van der Waals surface area contributed by atoms with Crippen molar-refractivity contribution in [1.29, 1.82) is 0 Å².